The van der Waals surface area contributed by atoms with Crippen molar-refractivity contribution >= 4 is 16.8 Å². The van der Waals surface area contributed by atoms with Gasteiger partial charge in [-0.1, -0.05) is 20.8 Å². The highest BCUT2D eigenvalue weighted by Crippen LogP contribution is 2.19. The highest BCUT2D eigenvalue weighted by Gasteiger charge is 2.41. The van der Waals surface area contributed by atoms with E-state index in [1.54, 1.807) is 20.8 Å². The van der Waals surface area contributed by atoms with Gasteiger partial charge in [-0.05, 0) is 5.92 Å². The Labute approximate surface area is 84.0 Å². The quantitative estimate of drug-likeness (QED) is 0.775. The van der Waals surface area contributed by atoms with E-state index in [1.165, 1.54) is 0 Å². The lowest BCUT2D eigenvalue weighted by Crippen LogP contribution is -2.37. The molecule has 0 aliphatic rings. The van der Waals surface area contributed by atoms with Crippen molar-refractivity contribution in [2.24, 2.45) is 5.92 Å². The molecule has 6 heteroatoms. The summed E-state index contributed by atoms with van der Waals surface area (Å²) in [5.74, 6) is -7.24. The van der Waals surface area contributed by atoms with Crippen molar-refractivity contribution in [2.45, 2.75) is 31.9 Å². The first-order chi connectivity index (χ1) is 6.18. The summed E-state index contributed by atoms with van der Waals surface area (Å²) < 4.78 is 36.5. The summed E-state index contributed by atoms with van der Waals surface area (Å²) in [7, 11) is -1.82. The molecule has 0 fully saturated rings. The fraction of sp³-hybridized carbons (Fsp3) is 0.875. The molecule has 0 aromatic carbocycles. The van der Waals surface area contributed by atoms with Gasteiger partial charge >= 0.3 is 11.9 Å². The second-order valence-corrected chi connectivity index (χ2v) is 5.28. The number of halogens is 2. The minimum atomic E-state index is -3.89. The molecule has 0 aliphatic heterocycles. The molecule has 84 valence electrons. The van der Waals surface area contributed by atoms with Crippen molar-refractivity contribution in [3.05, 3.63) is 0 Å². The van der Waals surface area contributed by atoms with Crippen molar-refractivity contribution in [2.75, 3.05) is 5.75 Å². The first-order valence-corrected chi connectivity index (χ1v) is 5.55. The molecule has 0 aliphatic carbocycles. The molecule has 0 aromatic heterocycles. The Morgan fingerprint density at radius 1 is 1.43 bits per heavy atom. The number of carboxylic acid groups (broad SMARTS) is 1. The molecule has 3 nitrogen and oxygen atoms in total. The maximum Gasteiger partial charge on any atom is 0.375 e. The third-order valence-electron chi connectivity index (χ3n) is 1.99. The van der Waals surface area contributed by atoms with Gasteiger partial charge in [0.05, 0.1) is 5.75 Å². The lowest BCUT2D eigenvalue weighted by Gasteiger charge is -2.17. The van der Waals surface area contributed by atoms with Crippen LogP contribution in [0, 0.1) is 5.92 Å². The van der Waals surface area contributed by atoms with Crippen molar-refractivity contribution in [1.29, 1.82) is 0 Å². The minimum Gasteiger partial charge on any atom is -0.477 e. The van der Waals surface area contributed by atoms with Crippen molar-refractivity contribution in [3.8, 4) is 0 Å². The molecule has 2 unspecified atom stereocenters. The molecule has 14 heavy (non-hydrogen) atoms. The van der Waals surface area contributed by atoms with Crippen LogP contribution in [0.3, 0.4) is 0 Å². The van der Waals surface area contributed by atoms with Crippen LogP contribution in [0.5, 0.6) is 0 Å². The predicted molar refractivity (Wildman–Crippen MR) is 49.9 cm³/mol. The first kappa shape index (κ1) is 13.5. The lowest BCUT2D eigenvalue weighted by atomic mass is 10.2. The van der Waals surface area contributed by atoms with Crippen molar-refractivity contribution < 1.29 is 22.9 Å². The van der Waals surface area contributed by atoms with Crippen LogP contribution in [0.2, 0.25) is 0 Å². The number of hydrogen-bond donors (Lipinski definition) is 1. The molecule has 2 atom stereocenters. The Morgan fingerprint density at radius 2 is 1.86 bits per heavy atom. The Hall–Kier alpha value is -0.520. The molecule has 0 bridgehead atoms. The molecule has 0 spiro atoms. The van der Waals surface area contributed by atoms with Gasteiger partial charge in [0, 0.05) is 16.0 Å². The zero-order valence-corrected chi connectivity index (χ0v) is 9.11. The standard InChI is InChI=1S/C8H14F2O3S/c1-5(2)6(3)14(13)4-8(9,10)7(11)12/h5-6H,4H2,1-3H3,(H,11,12). The molecular weight excluding hydrogens is 214 g/mol. The Morgan fingerprint density at radius 3 is 2.14 bits per heavy atom. The van der Waals surface area contributed by atoms with Crippen LogP contribution in [-0.4, -0.2) is 32.2 Å². The van der Waals surface area contributed by atoms with Crippen LogP contribution in [0.4, 0.5) is 8.78 Å². The Kier molecular flexibility index (Phi) is 4.64. The molecule has 0 heterocycles. The average Bonchev–Trinajstić information content (AvgIpc) is 2.01. The van der Waals surface area contributed by atoms with Gasteiger partial charge in [-0.2, -0.15) is 8.78 Å². The smallest absolute Gasteiger partial charge is 0.375 e. The molecule has 0 saturated heterocycles. The SMILES string of the molecule is CC(C)C(C)S(=O)CC(F)(F)C(=O)O. The maximum absolute atomic E-state index is 12.6. The van der Waals surface area contributed by atoms with E-state index in [0.29, 0.717) is 0 Å². The van der Waals surface area contributed by atoms with E-state index in [4.69, 9.17) is 5.11 Å². The van der Waals surface area contributed by atoms with E-state index in [0.717, 1.165) is 0 Å². The monoisotopic (exact) mass is 228 g/mol. The summed E-state index contributed by atoms with van der Waals surface area (Å²) in [4.78, 5) is 10.1. The van der Waals surface area contributed by atoms with Crippen LogP contribution >= 0.6 is 0 Å². The Bertz CT molecular complexity index is 241. The molecule has 0 saturated carbocycles. The number of alkyl halides is 2. The number of carbonyl (C=O) groups is 1. The Balaban J connectivity index is 4.40. The molecule has 1 N–H and O–H groups in total. The van der Waals surface area contributed by atoms with Gasteiger partial charge in [0.2, 0.25) is 0 Å². The van der Waals surface area contributed by atoms with Gasteiger partial charge in [-0.25, -0.2) is 4.79 Å². The van der Waals surface area contributed by atoms with E-state index in [9.17, 15) is 17.8 Å². The van der Waals surface area contributed by atoms with Crippen LogP contribution < -0.4 is 0 Å². The van der Waals surface area contributed by atoms with Crippen LogP contribution in [0.25, 0.3) is 0 Å². The summed E-state index contributed by atoms with van der Waals surface area (Å²) in [6.45, 7) is 5.07. The first-order valence-electron chi connectivity index (χ1n) is 4.17. The van der Waals surface area contributed by atoms with Crippen LogP contribution in [0.15, 0.2) is 0 Å². The van der Waals surface area contributed by atoms with E-state index < -0.39 is 33.7 Å². The molecule has 0 aromatic rings. The average molecular weight is 228 g/mol. The second kappa shape index (κ2) is 4.82. The normalized spacial score (nSPS) is 16.7. The van der Waals surface area contributed by atoms with E-state index in [2.05, 4.69) is 0 Å². The van der Waals surface area contributed by atoms with Gasteiger partial charge in [-0.15, -0.1) is 0 Å². The fourth-order valence-electron chi connectivity index (χ4n) is 0.675. The summed E-state index contributed by atoms with van der Waals surface area (Å²) in [6.07, 6.45) is 0. The molecule has 0 amide bonds. The third-order valence-corrected chi connectivity index (χ3v) is 4.01. The van der Waals surface area contributed by atoms with Gasteiger partial charge in [0.25, 0.3) is 0 Å². The largest absolute Gasteiger partial charge is 0.477 e. The molecule has 0 radical (unpaired) electrons. The van der Waals surface area contributed by atoms with E-state index in [1.807, 2.05) is 0 Å². The van der Waals surface area contributed by atoms with Crippen LogP contribution in [0.1, 0.15) is 20.8 Å². The minimum absolute atomic E-state index is 0.0135. The van der Waals surface area contributed by atoms with Gasteiger partial charge in [-0.3, -0.25) is 4.21 Å². The zero-order valence-electron chi connectivity index (χ0n) is 8.29. The number of rotatable bonds is 5. The summed E-state index contributed by atoms with van der Waals surface area (Å²) in [5, 5.41) is 7.70. The van der Waals surface area contributed by atoms with Crippen molar-refractivity contribution in [1.82, 2.24) is 0 Å². The van der Waals surface area contributed by atoms with Gasteiger partial charge in [0.1, 0.15) is 0 Å². The van der Waals surface area contributed by atoms with E-state index >= 15 is 0 Å². The number of carboxylic acids is 1. The summed E-state index contributed by atoms with van der Waals surface area (Å²) >= 11 is 0. The fourth-order valence-corrected chi connectivity index (χ4v) is 2.03. The number of aliphatic carboxylic acids is 1. The summed E-state index contributed by atoms with van der Waals surface area (Å²) in [5.41, 5.74) is 0. The summed E-state index contributed by atoms with van der Waals surface area (Å²) in [6, 6.07) is 0. The third kappa shape index (κ3) is 3.69. The predicted octanol–water partition coefficient (Wildman–Crippen LogP) is 1.50. The number of hydrogen-bond acceptors (Lipinski definition) is 2. The molecular formula is C8H14F2O3S. The van der Waals surface area contributed by atoms with Crippen LogP contribution in [-0.2, 0) is 15.6 Å². The highest BCUT2D eigenvalue weighted by atomic mass is 32.2. The van der Waals surface area contributed by atoms with Gasteiger partial charge < -0.3 is 5.11 Å². The van der Waals surface area contributed by atoms with E-state index in [-0.39, 0.29) is 5.92 Å². The lowest BCUT2D eigenvalue weighted by molar-refractivity contribution is -0.161. The molecule has 0 rings (SSSR count). The van der Waals surface area contributed by atoms with Crippen molar-refractivity contribution in [3.63, 3.8) is 0 Å². The topological polar surface area (TPSA) is 54.4 Å². The second-order valence-electron chi connectivity index (χ2n) is 3.48. The van der Waals surface area contributed by atoms with Gasteiger partial charge in [0.15, 0.2) is 0 Å². The zero-order chi connectivity index (χ0) is 11.5. The maximum atomic E-state index is 12.6. The highest BCUT2D eigenvalue weighted by molar-refractivity contribution is 7.85.